The zero-order chi connectivity index (χ0) is 15.2. The number of anilines is 1. The summed E-state index contributed by atoms with van der Waals surface area (Å²) in [4.78, 5) is 25.7. The largest absolute Gasteiger partial charge is 0.466 e. The number of hydrogen-bond acceptors (Lipinski definition) is 5. The Morgan fingerprint density at radius 1 is 1.43 bits per heavy atom. The summed E-state index contributed by atoms with van der Waals surface area (Å²) in [5.41, 5.74) is 1.27. The van der Waals surface area contributed by atoms with Crippen molar-refractivity contribution >= 4 is 11.7 Å². The van der Waals surface area contributed by atoms with E-state index in [1.54, 1.807) is 18.3 Å². The maximum absolute atomic E-state index is 12.1. The fraction of sp³-hybridized carbons (Fsp3) is 0.533. The van der Waals surface area contributed by atoms with E-state index in [0.29, 0.717) is 12.0 Å². The van der Waals surface area contributed by atoms with E-state index >= 15 is 0 Å². The van der Waals surface area contributed by atoms with Gasteiger partial charge in [-0.3, -0.25) is 4.79 Å². The summed E-state index contributed by atoms with van der Waals surface area (Å²) in [6, 6.07) is 1.61. The predicted molar refractivity (Wildman–Crippen MR) is 80.3 cm³/mol. The van der Waals surface area contributed by atoms with Crippen LogP contribution in [0.5, 0.6) is 0 Å². The lowest BCUT2D eigenvalue weighted by atomic mass is 10.2. The fourth-order valence-corrected chi connectivity index (χ4v) is 2.41. The molecule has 2 heterocycles. The quantitative estimate of drug-likeness (QED) is 0.605. The second-order valence-electron chi connectivity index (χ2n) is 5.00. The molecular formula is C15H21N3O3. The van der Waals surface area contributed by atoms with Gasteiger partial charge in [0.25, 0.3) is 5.56 Å². The van der Waals surface area contributed by atoms with Gasteiger partial charge in [0.05, 0.1) is 25.5 Å². The smallest absolute Gasteiger partial charge is 0.333 e. The molecule has 0 radical (unpaired) electrons. The van der Waals surface area contributed by atoms with Crippen molar-refractivity contribution in [3.05, 3.63) is 34.3 Å². The molecule has 1 aromatic heterocycles. The van der Waals surface area contributed by atoms with Gasteiger partial charge in [0, 0.05) is 24.7 Å². The van der Waals surface area contributed by atoms with Crippen LogP contribution in [0.3, 0.4) is 0 Å². The molecule has 0 saturated carbocycles. The highest BCUT2D eigenvalue weighted by Gasteiger charge is 2.13. The predicted octanol–water partition coefficient (Wildman–Crippen LogP) is 1.35. The number of nitrogens with zero attached hydrogens (tertiary/aromatic N) is 3. The van der Waals surface area contributed by atoms with E-state index in [0.717, 1.165) is 31.6 Å². The molecule has 21 heavy (non-hydrogen) atoms. The van der Waals surface area contributed by atoms with Gasteiger partial charge in [0.1, 0.15) is 0 Å². The summed E-state index contributed by atoms with van der Waals surface area (Å²) in [7, 11) is 1.35. The van der Waals surface area contributed by atoms with Gasteiger partial charge in [-0.25, -0.2) is 9.48 Å². The molecular weight excluding hydrogens is 270 g/mol. The number of ether oxygens (including phenoxy) is 1. The molecule has 1 aromatic rings. The van der Waals surface area contributed by atoms with E-state index in [1.807, 2.05) is 6.92 Å². The Labute approximate surface area is 124 Å². The number of aromatic nitrogens is 2. The summed E-state index contributed by atoms with van der Waals surface area (Å²) in [6.07, 6.45) is 6.28. The van der Waals surface area contributed by atoms with E-state index in [4.69, 9.17) is 0 Å². The third-order valence-electron chi connectivity index (χ3n) is 3.67. The molecule has 6 nitrogen and oxygen atoms in total. The lowest BCUT2D eigenvalue weighted by Gasteiger charge is -2.16. The summed E-state index contributed by atoms with van der Waals surface area (Å²) in [5, 5.41) is 4.18. The van der Waals surface area contributed by atoms with Crippen LogP contribution in [-0.4, -0.2) is 35.9 Å². The van der Waals surface area contributed by atoms with Crippen molar-refractivity contribution in [1.29, 1.82) is 0 Å². The van der Waals surface area contributed by atoms with Gasteiger partial charge in [-0.15, -0.1) is 0 Å². The maximum Gasteiger partial charge on any atom is 0.333 e. The average molecular weight is 291 g/mol. The van der Waals surface area contributed by atoms with Gasteiger partial charge in [-0.05, 0) is 19.3 Å². The molecule has 0 amide bonds. The van der Waals surface area contributed by atoms with Crippen LogP contribution in [0.25, 0.3) is 0 Å². The van der Waals surface area contributed by atoms with E-state index in [-0.39, 0.29) is 18.1 Å². The van der Waals surface area contributed by atoms with Crippen LogP contribution in [0.2, 0.25) is 0 Å². The third kappa shape index (κ3) is 3.71. The van der Waals surface area contributed by atoms with Gasteiger partial charge in [-0.2, -0.15) is 5.10 Å². The summed E-state index contributed by atoms with van der Waals surface area (Å²) < 4.78 is 6.03. The average Bonchev–Trinajstić information content (AvgIpc) is 3.03. The Bertz CT molecular complexity index is 586. The lowest BCUT2D eigenvalue weighted by Crippen LogP contribution is -2.26. The number of carbonyl (C=O) groups is 1. The minimum absolute atomic E-state index is 0.157. The Morgan fingerprint density at radius 2 is 2.14 bits per heavy atom. The zero-order valence-corrected chi connectivity index (χ0v) is 12.5. The van der Waals surface area contributed by atoms with Crippen molar-refractivity contribution in [2.24, 2.45) is 0 Å². The molecule has 1 saturated heterocycles. The molecule has 0 aliphatic carbocycles. The highest BCUT2D eigenvalue weighted by Crippen LogP contribution is 2.16. The number of allylic oxidation sites excluding steroid dienone is 1. The first-order valence-corrected chi connectivity index (χ1v) is 7.25. The van der Waals surface area contributed by atoms with Crippen molar-refractivity contribution in [3.8, 4) is 0 Å². The summed E-state index contributed by atoms with van der Waals surface area (Å²) in [5.74, 6) is -0.362. The van der Waals surface area contributed by atoms with Gasteiger partial charge in [0.15, 0.2) is 0 Å². The molecule has 0 bridgehead atoms. The first-order chi connectivity index (χ1) is 10.2. The first kappa shape index (κ1) is 15.3. The van der Waals surface area contributed by atoms with Crippen LogP contribution >= 0.6 is 0 Å². The van der Waals surface area contributed by atoms with Crippen LogP contribution in [0.1, 0.15) is 26.2 Å². The van der Waals surface area contributed by atoms with Crippen molar-refractivity contribution in [3.63, 3.8) is 0 Å². The molecule has 0 unspecified atom stereocenters. The molecule has 6 heteroatoms. The van der Waals surface area contributed by atoms with Crippen molar-refractivity contribution in [2.45, 2.75) is 32.7 Å². The highest BCUT2D eigenvalue weighted by atomic mass is 16.5. The summed E-state index contributed by atoms with van der Waals surface area (Å²) >= 11 is 0. The Hall–Kier alpha value is -2.11. The first-order valence-electron chi connectivity index (χ1n) is 7.25. The Morgan fingerprint density at radius 3 is 2.71 bits per heavy atom. The number of hydrogen-bond donors (Lipinski definition) is 0. The Balaban J connectivity index is 2.12. The van der Waals surface area contributed by atoms with E-state index in [2.05, 4.69) is 14.7 Å². The van der Waals surface area contributed by atoms with Gasteiger partial charge in [-0.1, -0.05) is 13.0 Å². The van der Waals surface area contributed by atoms with Crippen LogP contribution in [0, 0.1) is 0 Å². The molecule has 2 rings (SSSR count). The standard InChI is InChI=1S/C15H21N3O3/c1-3-12(15(20)21-2)6-9-18-14(19)10-13(11-16-18)17-7-4-5-8-17/h6,10-11H,3-5,7-9H2,1-2H3. The maximum atomic E-state index is 12.1. The lowest BCUT2D eigenvalue weighted by molar-refractivity contribution is -0.136. The van der Waals surface area contributed by atoms with E-state index in [1.165, 1.54) is 11.8 Å². The number of methoxy groups -OCH3 is 1. The van der Waals surface area contributed by atoms with E-state index < -0.39 is 0 Å². The minimum Gasteiger partial charge on any atom is -0.466 e. The monoisotopic (exact) mass is 291 g/mol. The topological polar surface area (TPSA) is 64.4 Å². The minimum atomic E-state index is -0.362. The molecule has 1 aliphatic heterocycles. The Kier molecular flexibility index (Phi) is 5.14. The molecule has 0 spiro atoms. The van der Waals surface area contributed by atoms with Crippen molar-refractivity contribution in [1.82, 2.24) is 9.78 Å². The fourth-order valence-electron chi connectivity index (χ4n) is 2.41. The molecule has 0 atom stereocenters. The normalized spacial score (nSPS) is 15.3. The number of carbonyl (C=O) groups excluding carboxylic acids is 1. The second kappa shape index (κ2) is 7.06. The van der Waals surface area contributed by atoms with Gasteiger partial charge < -0.3 is 9.64 Å². The summed E-state index contributed by atoms with van der Waals surface area (Å²) in [6.45, 7) is 4.10. The van der Waals surface area contributed by atoms with Crippen LogP contribution < -0.4 is 10.5 Å². The zero-order valence-electron chi connectivity index (χ0n) is 12.5. The second-order valence-corrected chi connectivity index (χ2v) is 5.00. The molecule has 0 aromatic carbocycles. The molecule has 1 fully saturated rings. The van der Waals surface area contributed by atoms with Crippen LogP contribution in [0.4, 0.5) is 5.69 Å². The molecule has 114 valence electrons. The van der Waals surface area contributed by atoms with Crippen LogP contribution in [0.15, 0.2) is 28.7 Å². The van der Waals surface area contributed by atoms with Gasteiger partial charge >= 0.3 is 5.97 Å². The van der Waals surface area contributed by atoms with Crippen molar-refractivity contribution in [2.75, 3.05) is 25.1 Å². The SMILES string of the molecule is CCC(=CCn1ncc(N2CCCC2)cc1=O)C(=O)OC. The molecule has 1 aliphatic rings. The van der Waals surface area contributed by atoms with E-state index in [9.17, 15) is 9.59 Å². The van der Waals surface area contributed by atoms with Crippen molar-refractivity contribution < 1.29 is 9.53 Å². The molecule has 0 N–H and O–H groups in total. The number of esters is 1. The van der Waals surface area contributed by atoms with Crippen LogP contribution in [-0.2, 0) is 16.1 Å². The highest BCUT2D eigenvalue weighted by molar-refractivity contribution is 5.88. The number of rotatable bonds is 5. The van der Waals surface area contributed by atoms with Gasteiger partial charge in [0.2, 0.25) is 0 Å². The third-order valence-corrected chi connectivity index (χ3v) is 3.67.